The van der Waals surface area contributed by atoms with Gasteiger partial charge in [-0.05, 0) is 73.9 Å². The molecular formula is C25H23FN2O5S. The first-order valence-electron chi connectivity index (χ1n) is 11.0. The molecule has 5 rings (SSSR count). The molecule has 176 valence electrons. The topological polar surface area (TPSA) is 84.9 Å². The second kappa shape index (κ2) is 8.64. The average molecular weight is 483 g/mol. The van der Waals surface area contributed by atoms with Gasteiger partial charge in [0.05, 0.1) is 10.6 Å². The van der Waals surface area contributed by atoms with Crippen LogP contribution in [0.2, 0.25) is 0 Å². The van der Waals surface area contributed by atoms with Gasteiger partial charge in [-0.1, -0.05) is 18.2 Å². The van der Waals surface area contributed by atoms with E-state index >= 15 is 0 Å². The lowest BCUT2D eigenvalue weighted by atomic mass is 10.0. The molecule has 0 aromatic heterocycles. The van der Waals surface area contributed by atoms with E-state index in [1.807, 2.05) is 12.1 Å². The number of benzene rings is 3. The van der Waals surface area contributed by atoms with E-state index in [0.717, 1.165) is 17.7 Å². The first-order valence-corrected chi connectivity index (χ1v) is 12.4. The Labute approximate surface area is 197 Å². The number of aryl methyl sites for hydroxylation is 1. The van der Waals surface area contributed by atoms with Crippen molar-refractivity contribution in [3.05, 3.63) is 78.1 Å². The number of para-hydroxylation sites is 2. The van der Waals surface area contributed by atoms with E-state index in [4.69, 9.17) is 9.47 Å². The standard InChI is InChI=1S/C25H23FN2O5S/c1-16-24(33-23-7-3-2-6-22(23)32-16)25(29)27-19-11-8-17-5-4-14-28(21(17)15-19)34(30,31)20-12-9-18(26)10-13-20/h2-3,6-13,15-16,24H,4-5,14H2,1H3,(H,27,29)/t16-,24+/m1/s1. The molecule has 2 atom stereocenters. The molecule has 0 saturated carbocycles. The van der Waals surface area contributed by atoms with Crippen molar-refractivity contribution in [2.45, 2.75) is 36.9 Å². The molecule has 3 aromatic rings. The number of ether oxygens (including phenoxy) is 2. The molecule has 2 aliphatic heterocycles. The maximum absolute atomic E-state index is 13.3. The predicted octanol–water partition coefficient (Wildman–Crippen LogP) is 4.13. The van der Waals surface area contributed by atoms with Crippen LogP contribution >= 0.6 is 0 Å². The molecule has 1 amide bonds. The van der Waals surface area contributed by atoms with Gasteiger partial charge in [0.2, 0.25) is 6.10 Å². The van der Waals surface area contributed by atoms with E-state index in [9.17, 15) is 17.6 Å². The molecule has 0 saturated heterocycles. The number of carbonyl (C=O) groups excluding carboxylic acids is 1. The molecular weight excluding hydrogens is 459 g/mol. The molecule has 0 unspecified atom stereocenters. The number of halogens is 1. The summed E-state index contributed by atoms with van der Waals surface area (Å²) in [6.45, 7) is 2.04. The monoisotopic (exact) mass is 482 g/mol. The molecule has 34 heavy (non-hydrogen) atoms. The number of fused-ring (bicyclic) bond motifs is 2. The average Bonchev–Trinajstić information content (AvgIpc) is 2.83. The Morgan fingerprint density at radius 3 is 2.47 bits per heavy atom. The third-order valence-corrected chi connectivity index (χ3v) is 7.76. The molecule has 2 heterocycles. The molecule has 3 aromatic carbocycles. The fraction of sp³-hybridized carbons (Fsp3) is 0.240. The Morgan fingerprint density at radius 2 is 1.74 bits per heavy atom. The molecule has 0 bridgehead atoms. The van der Waals surface area contributed by atoms with E-state index < -0.39 is 34.0 Å². The lowest BCUT2D eigenvalue weighted by molar-refractivity contribution is -0.128. The highest BCUT2D eigenvalue weighted by Crippen LogP contribution is 2.36. The van der Waals surface area contributed by atoms with Gasteiger partial charge in [0.25, 0.3) is 15.9 Å². The summed E-state index contributed by atoms with van der Waals surface area (Å²) in [6.07, 6.45) is -0.0109. The third-order valence-electron chi connectivity index (χ3n) is 5.93. The number of nitrogens with zero attached hydrogens (tertiary/aromatic N) is 1. The highest BCUT2D eigenvalue weighted by molar-refractivity contribution is 7.92. The highest BCUT2D eigenvalue weighted by Gasteiger charge is 2.35. The quantitative estimate of drug-likeness (QED) is 0.604. The second-order valence-electron chi connectivity index (χ2n) is 8.28. The summed E-state index contributed by atoms with van der Waals surface area (Å²) in [5.74, 6) is 0.164. The van der Waals surface area contributed by atoms with Crippen LogP contribution in [0.1, 0.15) is 18.9 Å². The van der Waals surface area contributed by atoms with Gasteiger partial charge >= 0.3 is 0 Å². The SMILES string of the molecule is C[C@H]1Oc2ccccc2O[C@@H]1C(=O)Nc1ccc2c(c1)N(S(=O)(=O)c1ccc(F)cc1)CCC2. The molecule has 1 N–H and O–H groups in total. The van der Waals surface area contributed by atoms with Gasteiger partial charge in [0, 0.05) is 12.2 Å². The van der Waals surface area contributed by atoms with Crippen LogP contribution in [-0.2, 0) is 21.2 Å². The van der Waals surface area contributed by atoms with Gasteiger partial charge < -0.3 is 14.8 Å². The van der Waals surface area contributed by atoms with Crippen molar-refractivity contribution in [2.24, 2.45) is 0 Å². The fourth-order valence-corrected chi connectivity index (χ4v) is 5.75. The number of carbonyl (C=O) groups is 1. The van der Waals surface area contributed by atoms with Gasteiger partial charge in [-0.15, -0.1) is 0 Å². The largest absolute Gasteiger partial charge is 0.482 e. The number of sulfonamides is 1. The molecule has 7 nitrogen and oxygen atoms in total. The van der Waals surface area contributed by atoms with Crippen LogP contribution in [0.4, 0.5) is 15.8 Å². The molecule has 0 spiro atoms. The van der Waals surface area contributed by atoms with Crippen molar-refractivity contribution in [3.8, 4) is 11.5 Å². The first-order chi connectivity index (χ1) is 16.3. The first kappa shape index (κ1) is 22.2. The molecule has 0 radical (unpaired) electrons. The summed E-state index contributed by atoms with van der Waals surface area (Å²) < 4.78 is 52.9. The summed E-state index contributed by atoms with van der Waals surface area (Å²) in [5, 5.41) is 2.83. The summed E-state index contributed by atoms with van der Waals surface area (Å²) in [5.41, 5.74) is 1.79. The minimum Gasteiger partial charge on any atom is -0.482 e. The number of anilines is 2. The summed E-state index contributed by atoms with van der Waals surface area (Å²) in [4.78, 5) is 13.0. The van der Waals surface area contributed by atoms with Crippen LogP contribution < -0.4 is 19.1 Å². The zero-order chi connectivity index (χ0) is 23.9. The van der Waals surface area contributed by atoms with Crippen molar-refractivity contribution in [1.82, 2.24) is 0 Å². The minimum absolute atomic E-state index is 0.0106. The number of hydrogen-bond acceptors (Lipinski definition) is 5. The van der Waals surface area contributed by atoms with Crippen LogP contribution in [0.5, 0.6) is 11.5 Å². The van der Waals surface area contributed by atoms with Gasteiger partial charge in [-0.3, -0.25) is 9.10 Å². The van der Waals surface area contributed by atoms with Crippen molar-refractivity contribution in [2.75, 3.05) is 16.2 Å². The zero-order valence-corrected chi connectivity index (χ0v) is 19.2. The van der Waals surface area contributed by atoms with E-state index in [1.54, 1.807) is 37.3 Å². The predicted molar refractivity (Wildman–Crippen MR) is 125 cm³/mol. The zero-order valence-electron chi connectivity index (χ0n) is 18.4. The summed E-state index contributed by atoms with van der Waals surface area (Å²) in [7, 11) is -3.89. The molecule has 2 aliphatic rings. The molecule has 9 heteroatoms. The number of amides is 1. The van der Waals surface area contributed by atoms with E-state index in [-0.39, 0.29) is 11.4 Å². The lowest BCUT2D eigenvalue weighted by Gasteiger charge is -2.32. The Morgan fingerprint density at radius 1 is 1.03 bits per heavy atom. The van der Waals surface area contributed by atoms with Crippen LogP contribution in [0.25, 0.3) is 0 Å². The smallest absolute Gasteiger partial charge is 0.269 e. The van der Waals surface area contributed by atoms with E-state index in [1.165, 1.54) is 16.4 Å². The van der Waals surface area contributed by atoms with E-state index in [0.29, 0.717) is 35.7 Å². The van der Waals surface area contributed by atoms with Gasteiger partial charge in [-0.2, -0.15) is 0 Å². The van der Waals surface area contributed by atoms with Crippen molar-refractivity contribution >= 4 is 27.3 Å². The van der Waals surface area contributed by atoms with Crippen molar-refractivity contribution in [3.63, 3.8) is 0 Å². The fourth-order valence-electron chi connectivity index (χ4n) is 4.22. The molecule has 0 fully saturated rings. The third kappa shape index (κ3) is 4.07. The maximum atomic E-state index is 13.3. The van der Waals surface area contributed by atoms with Crippen molar-refractivity contribution in [1.29, 1.82) is 0 Å². The van der Waals surface area contributed by atoms with Crippen LogP contribution in [0.3, 0.4) is 0 Å². The Bertz CT molecular complexity index is 1340. The number of hydrogen-bond donors (Lipinski definition) is 1. The van der Waals surface area contributed by atoms with Crippen molar-refractivity contribution < 1.29 is 27.1 Å². The maximum Gasteiger partial charge on any atom is 0.269 e. The summed E-state index contributed by atoms with van der Waals surface area (Å²) >= 11 is 0. The van der Waals surface area contributed by atoms with E-state index in [2.05, 4.69) is 5.32 Å². The Kier molecular flexibility index (Phi) is 5.65. The van der Waals surface area contributed by atoms with Crippen LogP contribution in [0, 0.1) is 5.82 Å². The van der Waals surface area contributed by atoms with Gasteiger partial charge in [0.15, 0.2) is 11.5 Å². The second-order valence-corrected chi connectivity index (χ2v) is 10.1. The van der Waals surface area contributed by atoms with Gasteiger partial charge in [-0.25, -0.2) is 12.8 Å². The number of nitrogens with one attached hydrogen (secondary N) is 1. The normalized spacial score (nSPS) is 19.3. The van der Waals surface area contributed by atoms with Gasteiger partial charge in [0.1, 0.15) is 11.9 Å². The lowest BCUT2D eigenvalue weighted by Crippen LogP contribution is -2.46. The summed E-state index contributed by atoms with van der Waals surface area (Å²) in [6, 6.07) is 17.1. The minimum atomic E-state index is -3.89. The van der Waals surface area contributed by atoms with Crippen LogP contribution in [-0.4, -0.2) is 33.1 Å². The Hall–Kier alpha value is -3.59. The van der Waals surface area contributed by atoms with Crippen LogP contribution in [0.15, 0.2) is 71.6 Å². The highest BCUT2D eigenvalue weighted by atomic mass is 32.2. The number of rotatable bonds is 4. The Balaban J connectivity index is 1.40. The molecule has 0 aliphatic carbocycles.